The Balaban J connectivity index is 1.79. The fourth-order valence-electron chi connectivity index (χ4n) is 2.26. The van der Waals surface area contributed by atoms with Crippen LogP contribution in [0, 0.1) is 5.92 Å². The standard InChI is InChI=1S/C12H22N4O/c1-9(2)16-11(3-4-15-16)7-13-5-10-6-14-8-12(10)17/h3-4,9-10,12-14,17H,5-8H2,1-2H3. The molecule has 0 spiro atoms. The van der Waals surface area contributed by atoms with Gasteiger partial charge < -0.3 is 15.7 Å². The summed E-state index contributed by atoms with van der Waals surface area (Å²) >= 11 is 0. The minimum atomic E-state index is -0.211. The Kier molecular flexibility index (Phi) is 4.15. The van der Waals surface area contributed by atoms with E-state index in [9.17, 15) is 5.11 Å². The van der Waals surface area contributed by atoms with Crippen LogP contribution in [-0.4, -0.2) is 40.6 Å². The molecular formula is C12H22N4O. The van der Waals surface area contributed by atoms with Crippen molar-refractivity contribution in [3.05, 3.63) is 18.0 Å². The van der Waals surface area contributed by atoms with E-state index < -0.39 is 0 Å². The normalized spacial score (nSPS) is 24.7. The number of hydrogen-bond acceptors (Lipinski definition) is 4. The maximum atomic E-state index is 9.67. The lowest BCUT2D eigenvalue weighted by atomic mass is 10.1. The number of hydrogen-bond donors (Lipinski definition) is 3. The zero-order valence-electron chi connectivity index (χ0n) is 10.6. The predicted octanol–water partition coefficient (Wildman–Crippen LogP) is 0.134. The highest BCUT2D eigenvalue weighted by Gasteiger charge is 2.24. The Morgan fingerprint density at radius 2 is 2.41 bits per heavy atom. The summed E-state index contributed by atoms with van der Waals surface area (Å²) in [6.07, 6.45) is 1.63. The van der Waals surface area contributed by atoms with Crippen LogP contribution in [0.15, 0.2) is 12.3 Å². The summed E-state index contributed by atoms with van der Waals surface area (Å²) in [6.45, 7) is 7.52. The van der Waals surface area contributed by atoms with E-state index in [4.69, 9.17) is 0 Å². The van der Waals surface area contributed by atoms with Gasteiger partial charge in [0.05, 0.1) is 11.8 Å². The highest BCUT2D eigenvalue weighted by molar-refractivity contribution is 5.01. The second-order valence-corrected chi connectivity index (χ2v) is 4.98. The Morgan fingerprint density at radius 3 is 3.06 bits per heavy atom. The first-order valence-electron chi connectivity index (χ1n) is 6.30. The van der Waals surface area contributed by atoms with Crippen molar-refractivity contribution >= 4 is 0 Å². The first-order chi connectivity index (χ1) is 8.18. The molecule has 0 aromatic carbocycles. The van der Waals surface area contributed by atoms with Crippen LogP contribution in [0.2, 0.25) is 0 Å². The fourth-order valence-corrected chi connectivity index (χ4v) is 2.26. The number of aromatic nitrogens is 2. The molecule has 1 aromatic rings. The molecule has 5 heteroatoms. The summed E-state index contributed by atoms with van der Waals surface area (Å²) in [5.74, 6) is 0.324. The van der Waals surface area contributed by atoms with Crippen molar-refractivity contribution in [1.29, 1.82) is 0 Å². The van der Waals surface area contributed by atoms with E-state index in [1.807, 2.05) is 16.9 Å². The lowest BCUT2D eigenvalue weighted by Gasteiger charge is -2.15. The summed E-state index contributed by atoms with van der Waals surface area (Å²) in [4.78, 5) is 0. The predicted molar refractivity (Wildman–Crippen MR) is 66.7 cm³/mol. The second kappa shape index (κ2) is 5.62. The first kappa shape index (κ1) is 12.5. The molecule has 1 aliphatic heterocycles. The third kappa shape index (κ3) is 3.06. The van der Waals surface area contributed by atoms with E-state index in [1.54, 1.807) is 0 Å². The van der Waals surface area contributed by atoms with Crippen LogP contribution >= 0.6 is 0 Å². The molecule has 0 aliphatic carbocycles. The lowest BCUT2D eigenvalue weighted by molar-refractivity contribution is 0.146. The Hall–Kier alpha value is -0.910. The van der Waals surface area contributed by atoms with Crippen LogP contribution in [0.25, 0.3) is 0 Å². The molecule has 96 valence electrons. The second-order valence-electron chi connectivity index (χ2n) is 4.98. The third-order valence-corrected chi connectivity index (χ3v) is 3.26. The van der Waals surface area contributed by atoms with Crippen molar-refractivity contribution in [3.63, 3.8) is 0 Å². The lowest BCUT2D eigenvalue weighted by Crippen LogP contribution is -2.30. The van der Waals surface area contributed by atoms with Gasteiger partial charge in [-0.3, -0.25) is 4.68 Å². The quantitative estimate of drug-likeness (QED) is 0.682. The molecule has 1 saturated heterocycles. The van der Waals surface area contributed by atoms with Gasteiger partial charge in [-0.15, -0.1) is 0 Å². The van der Waals surface area contributed by atoms with Gasteiger partial charge in [0.15, 0.2) is 0 Å². The van der Waals surface area contributed by atoms with Gasteiger partial charge in [-0.2, -0.15) is 5.10 Å². The number of nitrogens with zero attached hydrogens (tertiary/aromatic N) is 2. The zero-order valence-corrected chi connectivity index (χ0v) is 10.6. The van der Waals surface area contributed by atoms with Crippen molar-refractivity contribution in [2.75, 3.05) is 19.6 Å². The summed E-state index contributed by atoms with van der Waals surface area (Å²) in [7, 11) is 0. The Bertz CT molecular complexity index is 350. The molecule has 2 atom stereocenters. The maximum absolute atomic E-state index is 9.67. The monoisotopic (exact) mass is 238 g/mol. The summed E-state index contributed by atoms with van der Waals surface area (Å²) in [5, 5.41) is 20.5. The van der Waals surface area contributed by atoms with Gasteiger partial charge in [0.25, 0.3) is 0 Å². The highest BCUT2D eigenvalue weighted by Crippen LogP contribution is 2.09. The minimum absolute atomic E-state index is 0.211. The van der Waals surface area contributed by atoms with Crippen LogP contribution in [0.1, 0.15) is 25.6 Å². The van der Waals surface area contributed by atoms with E-state index >= 15 is 0 Å². The van der Waals surface area contributed by atoms with Crippen LogP contribution in [-0.2, 0) is 6.54 Å². The molecule has 2 unspecified atom stereocenters. The van der Waals surface area contributed by atoms with Crippen LogP contribution in [0.5, 0.6) is 0 Å². The van der Waals surface area contributed by atoms with Crippen LogP contribution in [0.3, 0.4) is 0 Å². The van der Waals surface area contributed by atoms with Crippen molar-refractivity contribution in [2.45, 2.75) is 32.5 Å². The first-order valence-corrected chi connectivity index (χ1v) is 6.30. The average molecular weight is 238 g/mol. The highest BCUT2D eigenvalue weighted by atomic mass is 16.3. The molecule has 1 fully saturated rings. The maximum Gasteiger partial charge on any atom is 0.0716 e. The molecule has 3 N–H and O–H groups in total. The molecule has 0 radical (unpaired) electrons. The molecule has 2 heterocycles. The van der Waals surface area contributed by atoms with E-state index in [1.165, 1.54) is 5.69 Å². The van der Waals surface area contributed by atoms with Gasteiger partial charge in [-0.05, 0) is 19.9 Å². The summed E-state index contributed by atoms with van der Waals surface area (Å²) in [6, 6.07) is 2.43. The van der Waals surface area contributed by atoms with Crippen molar-refractivity contribution in [2.24, 2.45) is 5.92 Å². The van der Waals surface area contributed by atoms with E-state index in [0.29, 0.717) is 12.0 Å². The zero-order chi connectivity index (χ0) is 12.3. The van der Waals surface area contributed by atoms with Gasteiger partial charge in [0.2, 0.25) is 0 Å². The van der Waals surface area contributed by atoms with Crippen molar-refractivity contribution in [3.8, 4) is 0 Å². The molecule has 0 bridgehead atoms. The van der Waals surface area contributed by atoms with Gasteiger partial charge in [-0.1, -0.05) is 0 Å². The summed E-state index contributed by atoms with van der Waals surface area (Å²) < 4.78 is 2.02. The van der Waals surface area contributed by atoms with Crippen LogP contribution < -0.4 is 10.6 Å². The SMILES string of the molecule is CC(C)n1nccc1CNCC1CNCC1O. The number of rotatable bonds is 5. The molecule has 17 heavy (non-hydrogen) atoms. The topological polar surface area (TPSA) is 62.1 Å². The molecule has 2 rings (SSSR count). The third-order valence-electron chi connectivity index (χ3n) is 3.26. The molecule has 1 aromatic heterocycles. The largest absolute Gasteiger partial charge is 0.391 e. The molecule has 1 aliphatic rings. The van der Waals surface area contributed by atoms with Crippen molar-refractivity contribution in [1.82, 2.24) is 20.4 Å². The smallest absolute Gasteiger partial charge is 0.0716 e. The van der Waals surface area contributed by atoms with E-state index in [0.717, 1.165) is 26.2 Å². The number of β-amino-alcohol motifs (C(OH)–C–C–N with tert-alkyl or cyclic N) is 1. The van der Waals surface area contributed by atoms with Gasteiger partial charge in [0.1, 0.15) is 0 Å². The minimum Gasteiger partial charge on any atom is -0.391 e. The van der Waals surface area contributed by atoms with E-state index in [2.05, 4.69) is 29.6 Å². The molecule has 0 saturated carbocycles. The summed E-state index contributed by atoms with van der Waals surface area (Å²) in [5.41, 5.74) is 1.19. The Labute approximate surface area is 102 Å². The van der Waals surface area contributed by atoms with Gasteiger partial charge in [0, 0.05) is 44.3 Å². The van der Waals surface area contributed by atoms with Crippen LogP contribution in [0.4, 0.5) is 0 Å². The molecule has 5 nitrogen and oxygen atoms in total. The molecule has 0 amide bonds. The average Bonchev–Trinajstić information content (AvgIpc) is 2.88. The van der Waals surface area contributed by atoms with Crippen molar-refractivity contribution < 1.29 is 5.11 Å². The van der Waals surface area contributed by atoms with Gasteiger partial charge in [-0.25, -0.2) is 0 Å². The number of nitrogens with one attached hydrogen (secondary N) is 2. The number of aliphatic hydroxyl groups is 1. The number of aliphatic hydroxyl groups excluding tert-OH is 1. The van der Waals surface area contributed by atoms with E-state index in [-0.39, 0.29) is 6.10 Å². The van der Waals surface area contributed by atoms with Gasteiger partial charge >= 0.3 is 0 Å². The fraction of sp³-hybridized carbons (Fsp3) is 0.750. The molecular weight excluding hydrogens is 216 g/mol. The Morgan fingerprint density at radius 1 is 1.59 bits per heavy atom.